The number of hydrogen-bond donors (Lipinski definition) is 1. The molecule has 4 heteroatoms. The molecule has 0 amide bonds. The number of ether oxygens (including phenoxy) is 1. The number of hydrogen-bond acceptors (Lipinski definition) is 3. The van der Waals surface area contributed by atoms with E-state index in [9.17, 15) is 4.39 Å². The van der Waals surface area contributed by atoms with Gasteiger partial charge in [0.1, 0.15) is 5.52 Å². The summed E-state index contributed by atoms with van der Waals surface area (Å²) in [6.07, 6.45) is 1.42. The third kappa shape index (κ3) is 1.25. The molecule has 0 aliphatic rings. The minimum absolute atomic E-state index is 0.190. The molecule has 1 aromatic heterocycles. The molecule has 0 saturated heterocycles. The quantitative estimate of drug-likeness (QED) is 0.751. The molecule has 2 rings (SSSR count). The van der Waals surface area contributed by atoms with Crippen molar-refractivity contribution < 1.29 is 9.13 Å². The van der Waals surface area contributed by atoms with Crippen LogP contribution < -0.4 is 10.5 Å². The van der Waals surface area contributed by atoms with Crippen LogP contribution in [0.2, 0.25) is 0 Å². The average Bonchev–Trinajstić information content (AvgIpc) is 2.18. The Bertz CT molecular complexity index is 485. The largest absolute Gasteiger partial charge is 0.494 e. The highest BCUT2D eigenvalue weighted by Crippen LogP contribution is 2.25. The Balaban J connectivity index is 2.77. The second-order valence-corrected chi connectivity index (χ2v) is 2.92. The SMILES string of the molecule is COc1ccc2cc(N)cnc2c1F. The van der Waals surface area contributed by atoms with Gasteiger partial charge in [-0.1, -0.05) is 0 Å². The molecule has 2 N–H and O–H groups in total. The molecular formula is C10H9FN2O. The number of benzene rings is 1. The van der Waals surface area contributed by atoms with E-state index in [4.69, 9.17) is 10.5 Å². The van der Waals surface area contributed by atoms with Gasteiger partial charge in [-0.05, 0) is 18.2 Å². The number of methoxy groups -OCH3 is 1. The number of rotatable bonds is 1. The number of halogens is 1. The number of nitrogens with zero attached hydrogens (tertiary/aromatic N) is 1. The van der Waals surface area contributed by atoms with Crippen LogP contribution in [0.15, 0.2) is 24.4 Å². The highest BCUT2D eigenvalue weighted by atomic mass is 19.1. The monoisotopic (exact) mass is 192 g/mol. The molecule has 0 fully saturated rings. The van der Waals surface area contributed by atoms with Crippen LogP contribution in [0.1, 0.15) is 0 Å². The molecular weight excluding hydrogens is 183 g/mol. The van der Waals surface area contributed by atoms with Crippen molar-refractivity contribution in [2.75, 3.05) is 12.8 Å². The highest BCUT2D eigenvalue weighted by Gasteiger charge is 2.08. The van der Waals surface area contributed by atoms with E-state index in [2.05, 4.69) is 4.98 Å². The van der Waals surface area contributed by atoms with Crippen LogP contribution in [0.3, 0.4) is 0 Å². The number of anilines is 1. The van der Waals surface area contributed by atoms with E-state index in [1.165, 1.54) is 13.3 Å². The van der Waals surface area contributed by atoms with Gasteiger partial charge in [0.15, 0.2) is 11.6 Å². The van der Waals surface area contributed by atoms with Gasteiger partial charge in [0.05, 0.1) is 19.0 Å². The van der Waals surface area contributed by atoms with Crippen LogP contribution in [0.4, 0.5) is 10.1 Å². The second kappa shape index (κ2) is 3.14. The van der Waals surface area contributed by atoms with Gasteiger partial charge < -0.3 is 10.5 Å². The van der Waals surface area contributed by atoms with E-state index in [0.29, 0.717) is 11.1 Å². The minimum Gasteiger partial charge on any atom is -0.494 e. The lowest BCUT2D eigenvalue weighted by Crippen LogP contribution is -1.93. The van der Waals surface area contributed by atoms with Crippen molar-refractivity contribution in [2.45, 2.75) is 0 Å². The zero-order chi connectivity index (χ0) is 10.1. The standard InChI is InChI=1S/C10H9FN2O/c1-14-8-3-2-6-4-7(12)5-13-10(6)9(8)11/h2-5H,12H2,1H3. The Kier molecular flexibility index (Phi) is 1.96. The van der Waals surface area contributed by atoms with Crippen LogP contribution in [-0.4, -0.2) is 12.1 Å². The summed E-state index contributed by atoms with van der Waals surface area (Å²) in [5.41, 5.74) is 6.32. The summed E-state index contributed by atoms with van der Waals surface area (Å²) in [5, 5.41) is 0.670. The summed E-state index contributed by atoms with van der Waals surface area (Å²) in [6.45, 7) is 0. The third-order valence-electron chi connectivity index (χ3n) is 2.00. The maximum atomic E-state index is 13.6. The van der Waals surface area contributed by atoms with Gasteiger partial charge in [0.2, 0.25) is 0 Å². The summed E-state index contributed by atoms with van der Waals surface area (Å²) in [6, 6.07) is 4.95. The van der Waals surface area contributed by atoms with E-state index in [0.717, 1.165) is 0 Å². The van der Waals surface area contributed by atoms with Gasteiger partial charge in [0.25, 0.3) is 0 Å². The van der Waals surface area contributed by atoms with Crippen LogP contribution in [0, 0.1) is 5.82 Å². The van der Waals surface area contributed by atoms with Gasteiger partial charge in [-0.3, -0.25) is 4.98 Å². The van der Waals surface area contributed by atoms with Gasteiger partial charge >= 0.3 is 0 Å². The van der Waals surface area contributed by atoms with Crippen LogP contribution in [-0.2, 0) is 0 Å². The topological polar surface area (TPSA) is 48.1 Å². The van der Waals surface area contributed by atoms with Crippen molar-refractivity contribution in [3.8, 4) is 5.75 Å². The first-order valence-electron chi connectivity index (χ1n) is 4.10. The van der Waals surface area contributed by atoms with E-state index in [1.54, 1.807) is 18.2 Å². The van der Waals surface area contributed by atoms with E-state index >= 15 is 0 Å². The van der Waals surface area contributed by atoms with Gasteiger partial charge in [-0.25, -0.2) is 4.39 Å². The third-order valence-corrected chi connectivity index (χ3v) is 2.00. The van der Waals surface area contributed by atoms with Crippen LogP contribution in [0.25, 0.3) is 10.9 Å². The number of nitrogen functional groups attached to an aromatic ring is 1. The van der Waals surface area contributed by atoms with Crippen molar-refractivity contribution >= 4 is 16.6 Å². The predicted molar refractivity (Wildman–Crippen MR) is 52.7 cm³/mol. The number of fused-ring (bicyclic) bond motifs is 1. The van der Waals surface area contributed by atoms with Gasteiger partial charge in [-0.15, -0.1) is 0 Å². The molecule has 0 unspecified atom stereocenters. The van der Waals surface area contributed by atoms with Crippen molar-refractivity contribution in [3.63, 3.8) is 0 Å². The number of pyridine rings is 1. The van der Waals surface area contributed by atoms with Crippen molar-refractivity contribution in [1.82, 2.24) is 4.98 Å². The van der Waals surface area contributed by atoms with Crippen molar-refractivity contribution in [2.24, 2.45) is 0 Å². The maximum Gasteiger partial charge on any atom is 0.191 e. The average molecular weight is 192 g/mol. The molecule has 0 spiro atoms. The fraction of sp³-hybridized carbons (Fsp3) is 0.100. The molecule has 1 aromatic carbocycles. The molecule has 1 heterocycles. The first-order chi connectivity index (χ1) is 6.72. The van der Waals surface area contributed by atoms with E-state index in [-0.39, 0.29) is 11.3 Å². The number of nitrogens with two attached hydrogens (primary N) is 1. The second-order valence-electron chi connectivity index (χ2n) is 2.92. The molecule has 2 aromatic rings. The maximum absolute atomic E-state index is 13.6. The lowest BCUT2D eigenvalue weighted by molar-refractivity contribution is 0.388. The highest BCUT2D eigenvalue weighted by molar-refractivity contribution is 5.83. The first-order valence-corrected chi connectivity index (χ1v) is 4.10. The smallest absolute Gasteiger partial charge is 0.191 e. The van der Waals surface area contributed by atoms with Gasteiger partial charge in [0, 0.05) is 5.39 Å². The lowest BCUT2D eigenvalue weighted by atomic mass is 10.2. The molecule has 0 radical (unpaired) electrons. The molecule has 0 bridgehead atoms. The van der Waals surface area contributed by atoms with Crippen LogP contribution >= 0.6 is 0 Å². The number of aromatic nitrogens is 1. The Morgan fingerprint density at radius 1 is 1.43 bits per heavy atom. The molecule has 14 heavy (non-hydrogen) atoms. The minimum atomic E-state index is -0.454. The summed E-state index contributed by atoms with van der Waals surface area (Å²) >= 11 is 0. The summed E-state index contributed by atoms with van der Waals surface area (Å²) < 4.78 is 18.4. The zero-order valence-electron chi connectivity index (χ0n) is 7.62. The van der Waals surface area contributed by atoms with Crippen molar-refractivity contribution in [3.05, 3.63) is 30.2 Å². The fourth-order valence-corrected chi connectivity index (χ4v) is 1.32. The van der Waals surface area contributed by atoms with Crippen molar-refractivity contribution in [1.29, 1.82) is 0 Å². The molecule has 0 atom stereocenters. The normalized spacial score (nSPS) is 10.4. The fourth-order valence-electron chi connectivity index (χ4n) is 1.32. The molecule has 72 valence electrons. The van der Waals surface area contributed by atoms with Gasteiger partial charge in [-0.2, -0.15) is 0 Å². The lowest BCUT2D eigenvalue weighted by Gasteiger charge is -2.04. The summed E-state index contributed by atoms with van der Waals surface area (Å²) in [4.78, 5) is 3.91. The predicted octanol–water partition coefficient (Wildman–Crippen LogP) is 1.96. The zero-order valence-corrected chi connectivity index (χ0v) is 7.62. The first kappa shape index (κ1) is 8.74. The molecule has 0 aliphatic heterocycles. The van der Waals surface area contributed by atoms with E-state index in [1.807, 2.05) is 0 Å². The molecule has 0 saturated carbocycles. The Labute approximate surface area is 80.3 Å². The van der Waals surface area contributed by atoms with E-state index < -0.39 is 5.82 Å². The summed E-state index contributed by atoms with van der Waals surface area (Å²) in [7, 11) is 1.42. The Morgan fingerprint density at radius 3 is 2.93 bits per heavy atom. The Hall–Kier alpha value is -1.84. The summed E-state index contributed by atoms with van der Waals surface area (Å²) in [5.74, 6) is -0.264. The Morgan fingerprint density at radius 2 is 2.21 bits per heavy atom. The van der Waals surface area contributed by atoms with Crippen LogP contribution in [0.5, 0.6) is 5.75 Å². The molecule has 0 aliphatic carbocycles. The molecule has 3 nitrogen and oxygen atoms in total.